The van der Waals surface area contributed by atoms with Crippen LogP contribution in [-0.4, -0.2) is 48.2 Å². The second kappa shape index (κ2) is 7.02. The third kappa shape index (κ3) is 3.39. The fourth-order valence-electron chi connectivity index (χ4n) is 5.48. The van der Waals surface area contributed by atoms with Crippen LogP contribution in [0.2, 0.25) is 0 Å². The number of carbonyl (C=O) groups excluding carboxylic acids is 1. The molecule has 0 aromatic carbocycles. The zero-order valence-electron chi connectivity index (χ0n) is 17.0. The Kier molecular flexibility index (Phi) is 5.30. The van der Waals surface area contributed by atoms with Gasteiger partial charge in [-0.1, -0.05) is 41.5 Å². The summed E-state index contributed by atoms with van der Waals surface area (Å²) < 4.78 is 0. The summed E-state index contributed by atoms with van der Waals surface area (Å²) in [5.41, 5.74) is -0.519. The van der Waals surface area contributed by atoms with E-state index < -0.39 is 5.54 Å². The molecule has 0 radical (unpaired) electrons. The van der Waals surface area contributed by atoms with Gasteiger partial charge in [-0.15, -0.1) is 0 Å². The van der Waals surface area contributed by atoms with E-state index >= 15 is 0 Å². The lowest BCUT2D eigenvalue weighted by Gasteiger charge is -2.51. The maximum absolute atomic E-state index is 13.3. The van der Waals surface area contributed by atoms with E-state index in [1.165, 1.54) is 0 Å². The SMILES string of the molecule is CC(C)CNC(=O)[C@@]12C[C@@H]3CN(CC(C)C)[C@@H]([C@@H]3C=N1)[C@@H]2CC(C)C. The fourth-order valence-corrected chi connectivity index (χ4v) is 5.48. The van der Waals surface area contributed by atoms with Crippen LogP contribution < -0.4 is 5.32 Å². The average Bonchev–Trinajstić information content (AvgIpc) is 2.80. The third-order valence-electron chi connectivity index (χ3n) is 6.29. The monoisotopic (exact) mass is 347 g/mol. The molecule has 1 amide bonds. The Hall–Kier alpha value is -0.900. The Labute approximate surface area is 153 Å². The van der Waals surface area contributed by atoms with Crippen LogP contribution in [0.4, 0.5) is 0 Å². The summed E-state index contributed by atoms with van der Waals surface area (Å²) >= 11 is 0. The first-order chi connectivity index (χ1) is 11.7. The molecule has 4 nitrogen and oxygen atoms in total. The molecular weight excluding hydrogens is 310 g/mol. The summed E-state index contributed by atoms with van der Waals surface area (Å²) in [6.07, 6.45) is 4.19. The number of nitrogens with zero attached hydrogens (tertiary/aromatic N) is 2. The molecule has 142 valence electrons. The number of hydrogen-bond donors (Lipinski definition) is 1. The highest BCUT2D eigenvalue weighted by Gasteiger charge is 2.63. The molecule has 5 atom stereocenters. The van der Waals surface area contributed by atoms with Crippen LogP contribution in [0.1, 0.15) is 54.4 Å². The van der Waals surface area contributed by atoms with Crippen molar-refractivity contribution in [3.8, 4) is 0 Å². The van der Waals surface area contributed by atoms with Gasteiger partial charge < -0.3 is 5.32 Å². The van der Waals surface area contributed by atoms with Gasteiger partial charge in [0.15, 0.2) is 0 Å². The molecule has 1 aliphatic carbocycles. The summed E-state index contributed by atoms with van der Waals surface area (Å²) in [5, 5.41) is 3.22. The van der Waals surface area contributed by atoms with Gasteiger partial charge in [-0.2, -0.15) is 0 Å². The molecule has 4 heteroatoms. The summed E-state index contributed by atoms with van der Waals surface area (Å²) in [5.74, 6) is 3.43. The molecule has 0 spiro atoms. The highest BCUT2D eigenvalue weighted by atomic mass is 16.2. The lowest BCUT2D eigenvalue weighted by atomic mass is 9.59. The van der Waals surface area contributed by atoms with Gasteiger partial charge in [0, 0.05) is 43.7 Å². The maximum atomic E-state index is 13.3. The molecule has 4 bridgehead atoms. The Morgan fingerprint density at radius 3 is 2.52 bits per heavy atom. The minimum absolute atomic E-state index is 0.183. The van der Waals surface area contributed by atoms with E-state index in [0.29, 0.717) is 41.5 Å². The molecule has 4 aliphatic rings. The summed E-state index contributed by atoms with van der Waals surface area (Å²) in [6, 6.07) is 0.505. The van der Waals surface area contributed by atoms with Crippen LogP contribution in [0.25, 0.3) is 0 Å². The first-order valence-corrected chi connectivity index (χ1v) is 10.3. The van der Waals surface area contributed by atoms with Crippen molar-refractivity contribution in [2.75, 3.05) is 19.6 Å². The number of likely N-dealkylation sites (tertiary alicyclic amines) is 1. The highest BCUT2D eigenvalue weighted by Crippen LogP contribution is 2.54. The molecule has 4 rings (SSSR count). The highest BCUT2D eigenvalue weighted by molar-refractivity contribution is 5.91. The number of amides is 1. The molecule has 0 unspecified atom stereocenters. The van der Waals surface area contributed by atoms with Gasteiger partial charge in [-0.3, -0.25) is 14.7 Å². The number of rotatable bonds is 7. The predicted octanol–water partition coefficient (Wildman–Crippen LogP) is 3.22. The fraction of sp³-hybridized carbons (Fsp3) is 0.905. The molecule has 0 aromatic heterocycles. The van der Waals surface area contributed by atoms with Crippen molar-refractivity contribution in [3.63, 3.8) is 0 Å². The molecule has 2 fully saturated rings. The zero-order valence-corrected chi connectivity index (χ0v) is 17.0. The van der Waals surface area contributed by atoms with Gasteiger partial charge in [-0.05, 0) is 36.5 Å². The van der Waals surface area contributed by atoms with Crippen LogP contribution in [-0.2, 0) is 4.79 Å². The average molecular weight is 348 g/mol. The predicted molar refractivity (Wildman–Crippen MR) is 104 cm³/mol. The molecule has 1 saturated heterocycles. The molecule has 3 heterocycles. The molecule has 1 N–H and O–H groups in total. The molecule has 3 aliphatic heterocycles. The van der Waals surface area contributed by atoms with Crippen molar-refractivity contribution >= 4 is 12.1 Å². The zero-order chi connectivity index (χ0) is 18.4. The topological polar surface area (TPSA) is 44.7 Å². The molecule has 25 heavy (non-hydrogen) atoms. The first kappa shape index (κ1) is 18.9. The normalized spacial score (nSPS) is 36.8. The van der Waals surface area contributed by atoms with Crippen molar-refractivity contribution in [1.29, 1.82) is 0 Å². The number of aliphatic imine (C=N–C) groups is 1. The minimum atomic E-state index is -0.519. The van der Waals surface area contributed by atoms with Gasteiger partial charge in [0.25, 0.3) is 0 Å². The molecule has 1 saturated carbocycles. The van der Waals surface area contributed by atoms with Crippen molar-refractivity contribution in [3.05, 3.63) is 0 Å². The van der Waals surface area contributed by atoms with Gasteiger partial charge in [0.05, 0.1) is 0 Å². The number of carbonyl (C=O) groups is 1. The maximum Gasteiger partial charge on any atom is 0.248 e. The van der Waals surface area contributed by atoms with Gasteiger partial charge >= 0.3 is 0 Å². The van der Waals surface area contributed by atoms with Crippen LogP contribution >= 0.6 is 0 Å². The number of hydrogen-bond acceptors (Lipinski definition) is 3. The largest absolute Gasteiger partial charge is 0.354 e. The van der Waals surface area contributed by atoms with Crippen LogP contribution in [0.15, 0.2) is 4.99 Å². The Morgan fingerprint density at radius 2 is 1.92 bits per heavy atom. The van der Waals surface area contributed by atoms with E-state index in [2.05, 4.69) is 58.0 Å². The van der Waals surface area contributed by atoms with E-state index in [-0.39, 0.29) is 5.91 Å². The van der Waals surface area contributed by atoms with E-state index in [0.717, 1.165) is 32.5 Å². The second-order valence-electron chi connectivity index (χ2n) is 9.92. The summed E-state index contributed by atoms with van der Waals surface area (Å²) in [7, 11) is 0. The van der Waals surface area contributed by atoms with Crippen LogP contribution in [0, 0.1) is 35.5 Å². The Bertz CT molecular complexity index is 527. The smallest absolute Gasteiger partial charge is 0.248 e. The number of nitrogens with one attached hydrogen (secondary N) is 1. The first-order valence-electron chi connectivity index (χ1n) is 10.3. The van der Waals surface area contributed by atoms with Crippen molar-refractivity contribution in [2.24, 2.45) is 40.5 Å². The standard InChI is InChI=1S/C21H37N3O/c1-13(2)7-18-19-17-10-23-21(18,20(25)22-9-14(3)4)8-16(17)12-24(19)11-15(5)6/h10,13-19H,7-9,11-12H2,1-6H3,(H,22,25)/t16-,17-,18+,19+,21+/m1/s1. The van der Waals surface area contributed by atoms with Crippen LogP contribution in [0.5, 0.6) is 0 Å². The van der Waals surface area contributed by atoms with E-state index in [9.17, 15) is 4.79 Å². The lowest BCUT2D eigenvalue weighted by Crippen LogP contribution is -2.64. The molecule has 0 aromatic rings. The summed E-state index contributed by atoms with van der Waals surface area (Å²) in [6.45, 7) is 16.5. The Morgan fingerprint density at radius 1 is 1.20 bits per heavy atom. The lowest BCUT2D eigenvalue weighted by molar-refractivity contribution is -0.132. The second-order valence-corrected chi connectivity index (χ2v) is 9.92. The van der Waals surface area contributed by atoms with Crippen LogP contribution in [0.3, 0.4) is 0 Å². The van der Waals surface area contributed by atoms with Gasteiger partial charge in [0.2, 0.25) is 5.91 Å². The van der Waals surface area contributed by atoms with Crippen molar-refractivity contribution in [1.82, 2.24) is 10.2 Å². The van der Waals surface area contributed by atoms with Gasteiger partial charge in [-0.25, -0.2) is 0 Å². The third-order valence-corrected chi connectivity index (χ3v) is 6.29. The summed E-state index contributed by atoms with van der Waals surface area (Å²) in [4.78, 5) is 20.9. The van der Waals surface area contributed by atoms with Crippen molar-refractivity contribution in [2.45, 2.75) is 66.0 Å². The molecular formula is C21H37N3O. The van der Waals surface area contributed by atoms with Gasteiger partial charge in [0.1, 0.15) is 5.54 Å². The van der Waals surface area contributed by atoms with E-state index in [1.807, 2.05) is 0 Å². The van der Waals surface area contributed by atoms with E-state index in [4.69, 9.17) is 4.99 Å². The Balaban J connectivity index is 1.90. The quantitative estimate of drug-likeness (QED) is 0.768. The van der Waals surface area contributed by atoms with Crippen molar-refractivity contribution < 1.29 is 4.79 Å². The minimum Gasteiger partial charge on any atom is -0.354 e. The van der Waals surface area contributed by atoms with E-state index in [1.54, 1.807) is 0 Å².